The molecule has 3 aliphatic heterocycles. The molecule has 1 aromatic carbocycles. The Morgan fingerprint density at radius 2 is 1.47 bits per heavy atom. The summed E-state index contributed by atoms with van der Waals surface area (Å²) in [5.41, 5.74) is 1.84. The highest BCUT2D eigenvalue weighted by Gasteiger charge is 2.35. The second-order valence-corrected chi connectivity index (χ2v) is 9.01. The van der Waals surface area contributed by atoms with Crippen molar-refractivity contribution in [3.63, 3.8) is 0 Å². The second-order valence-electron chi connectivity index (χ2n) is 9.01. The van der Waals surface area contributed by atoms with E-state index in [9.17, 15) is 19.2 Å². The van der Waals surface area contributed by atoms with Gasteiger partial charge in [0, 0.05) is 52.2 Å². The maximum Gasteiger partial charge on any atom is 0.261 e. The Balaban J connectivity index is 1.18. The lowest BCUT2D eigenvalue weighted by molar-refractivity contribution is -0.135. The molecule has 0 aromatic heterocycles. The number of imide groups is 1. The molecule has 0 radical (unpaired) electrons. The van der Waals surface area contributed by atoms with Crippen molar-refractivity contribution < 1.29 is 19.2 Å². The topological polar surface area (TPSA) is 81.2 Å². The smallest absolute Gasteiger partial charge is 0.261 e. The van der Waals surface area contributed by atoms with Gasteiger partial charge in [0.2, 0.25) is 11.8 Å². The van der Waals surface area contributed by atoms with Crippen LogP contribution in [0.4, 0.5) is 0 Å². The van der Waals surface area contributed by atoms with E-state index >= 15 is 0 Å². The van der Waals surface area contributed by atoms with Gasteiger partial charge in [-0.15, -0.1) is 0 Å². The first-order valence-electron chi connectivity index (χ1n) is 11.7. The third-order valence-electron chi connectivity index (χ3n) is 6.69. The fourth-order valence-corrected chi connectivity index (χ4v) is 4.74. The minimum absolute atomic E-state index is 0.0412. The predicted octanol–water partition coefficient (Wildman–Crippen LogP) is 1.53. The van der Waals surface area contributed by atoms with E-state index in [-0.39, 0.29) is 30.2 Å². The van der Waals surface area contributed by atoms with Crippen LogP contribution in [0, 0.1) is 6.92 Å². The van der Waals surface area contributed by atoms with Crippen LogP contribution >= 0.6 is 0 Å². The Kier molecular flexibility index (Phi) is 6.89. The second kappa shape index (κ2) is 9.81. The van der Waals surface area contributed by atoms with Gasteiger partial charge in [0.1, 0.15) is 0 Å². The molecule has 0 N–H and O–H groups in total. The number of rotatable bonds is 6. The molecule has 2 saturated heterocycles. The first-order chi connectivity index (χ1) is 15.4. The molecule has 2 fully saturated rings. The van der Waals surface area contributed by atoms with Crippen molar-refractivity contribution in [1.82, 2.24) is 19.6 Å². The van der Waals surface area contributed by atoms with Gasteiger partial charge in [0.25, 0.3) is 11.8 Å². The summed E-state index contributed by atoms with van der Waals surface area (Å²) >= 11 is 0. The lowest BCUT2D eigenvalue weighted by Gasteiger charge is -2.36. The van der Waals surface area contributed by atoms with E-state index in [1.54, 1.807) is 12.1 Å². The zero-order valence-electron chi connectivity index (χ0n) is 18.8. The molecule has 3 aliphatic rings. The van der Waals surface area contributed by atoms with Crippen molar-refractivity contribution in [2.45, 2.75) is 39.0 Å². The van der Waals surface area contributed by atoms with E-state index in [0.717, 1.165) is 31.5 Å². The number of hydrogen-bond acceptors (Lipinski definition) is 5. The third-order valence-corrected chi connectivity index (χ3v) is 6.69. The zero-order chi connectivity index (χ0) is 22.7. The van der Waals surface area contributed by atoms with Crippen molar-refractivity contribution in [3.05, 3.63) is 34.9 Å². The zero-order valence-corrected chi connectivity index (χ0v) is 18.8. The van der Waals surface area contributed by atoms with Crippen LogP contribution in [-0.4, -0.2) is 95.6 Å². The van der Waals surface area contributed by atoms with Crippen molar-refractivity contribution in [2.24, 2.45) is 0 Å². The number of carbonyl (C=O) groups is 4. The molecule has 0 saturated carbocycles. The highest BCUT2D eigenvalue weighted by atomic mass is 16.2. The summed E-state index contributed by atoms with van der Waals surface area (Å²) in [4.78, 5) is 57.3. The molecular weight excluding hydrogens is 408 g/mol. The molecular formula is C24H32N4O4. The Labute approximate surface area is 189 Å². The molecule has 32 heavy (non-hydrogen) atoms. The van der Waals surface area contributed by atoms with Crippen LogP contribution < -0.4 is 0 Å². The number of benzene rings is 1. The van der Waals surface area contributed by atoms with Crippen molar-refractivity contribution in [3.8, 4) is 0 Å². The van der Waals surface area contributed by atoms with E-state index in [4.69, 9.17) is 0 Å². The molecule has 0 spiro atoms. The van der Waals surface area contributed by atoms with Crippen molar-refractivity contribution in [1.29, 1.82) is 0 Å². The van der Waals surface area contributed by atoms with E-state index in [1.807, 2.05) is 22.8 Å². The first kappa shape index (κ1) is 22.5. The molecule has 1 aromatic rings. The van der Waals surface area contributed by atoms with Gasteiger partial charge in [0.05, 0.1) is 17.7 Å². The molecule has 172 valence electrons. The number of piperidine rings is 1. The number of hydrogen-bond donors (Lipinski definition) is 0. The Morgan fingerprint density at radius 3 is 2.19 bits per heavy atom. The quantitative estimate of drug-likeness (QED) is 0.627. The molecule has 0 bridgehead atoms. The number of piperazine rings is 1. The molecule has 4 rings (SSSR count). The van der Waals surface area contributed by atoms with E-state index in [0.29, 0.717) is 56.7 Å². The lowest BCUT2D eigenvalue weighted by atomic mass is 10.1. The minimum atomic E-state index is -0.274. The van der Waals surface area contributed by atoms with Gasteiger partial charge in [-0.25, -0.2) is 0 Å². The van der Waals surface area contributed by atoms with Gasteiger partial charge in [-0.05, 0) is 44.7 Å². The van der Waals surface area contributed by atoms with Crippen LogP contribution in [-0.2, 0) is 9.59 Å². The molecule has 0 atom stereocenters. The van der Waals surface area contributed by atoms with Crippen LogP contribution in [0.1, 0.15) is 58.4 Å². The summed E-state index contributed by atoms with van der Waals surface area (Å²) in [6, 6.07) is 5.28. The van der Waals surface area contributed by atoms with Crippen molar-refractivity contribution >= 4 is 23.6 Å². The standard InChI is InChI=1S/C24H32N4O4/c1-18-7-8-19-20(16-18)24(32)28(23(19)31)11-5-6-21(29)27-14-12-25(13-15-27)17-22(30)26-9-3-2-4-10-26/h7-8,16H,2-6,9-15,17H2,1H3. The third kappa shape index (κ3) is 4.85. The minimum Gasteiger partial charge on any atom is -0.342 e. The maximum atomic E-state index is 12.6. The lowest BCUT2D eigenvalue weighted by Crippen LogP contribution is -2.52. The fourth-order valence-electron chi connectivity index (χ4n) is 4.74. The number of carbonyl (C=O) groups excluding carboxylic acids is 4. The van der Waals surface area contributed by atoms with Crippen LogP contribution in [0.25, 0.3) is 0 Å². The molecule has 0 aliphatic carbocycles. The Bertz CT molecular complexity index is 901. The van der Waals surface area contributed by atoms with Crippen molar-refractivity contribution in [2.75, 3.05) is 52.4 Å². The van der Waals surface area contributed by atoms with E-state index in [2.05, 4.69) is 4.90 Å². The Morgan fingerprint density at radius 1 is 0.812 bits per heavy atom. The predicted molar refractivity (Wildman–Crippen MR) is 119 cm³/mol. The molecule has 8 heteroatoms. The maximum absolute atomic E-state index is 12.6. The van der Waals surface area contributed by atoms with Gasteiger partial charge in [-0.1, -0.05) is 11.6 Å². The first-order valence-corrected chi connectivity index (χ1v) is 11.7. The molecule has 8 nitrogen and oxygen atoms in total. The van der Waals surface area contributed by atoms with Gasteiger partial charge in [0.15, 0.2) is 0 Å². The van der Waals surface area contributed by atoms with E-state index in [1.165, 1.54) is 11.3 Å². The van der Waals surface area contributed by atoms with Gasteiger partial charge < -0.3 is 9.80 Å². The summed E-state index contributed by atoms with van der Waals surface area (Å²) in [5.74, 6) is -0.308. The summed E-state index contributed by atoms with van der Waals surface area (Å²) < 4.78 is 0. The number of amides is 4. The normalized spacial score (nSPS) is 19.5. The van der Waals surface area contributed by atoms with E-state index < -0.39 is 0 Å². The summed E-state index contributed by atoms with van der Waals surface area (Å²) in [5, 5.41) is 0. The number of likely N-dealkylation sites (tertiary alicyclic amines) is 1. The van der Waals surface area contributed by atoms with Gasteiger partial charge >= 0.3 is 0 Å². The van der Waals surface area contributed by atoms with Crippen LogP contribution in [0.5, 0.6) is 0 Å². The van der Waals surface area contributed by atoms with Crippen LogP contribution in [0.2, 0.25) is 0 Å². The van der Waals surface area contributed by atoms with Crippen LogP contribution in [0.15, 0.2) is 18.2 Å². The van der Waals surface area contributed by atoms with Crippen LogP contribution in [0.3, 0.4) is 0 Å². The summed E-state index contributed by atoms with van der Waals surface area (Å²) in [7, 11) is 0. The number of aryl methyl sites for hydroxylation is 1. The largest absolute Gasteiger partial charge is 0.342 e. The summed E-state index contributed by atoms with van der Waals surface area (Å²) in [6.45, 7) is 6.92. The average molecular weight is 441 g/mol. The fraction of sp³-hybridized carbons (Fsp3) is 0.583. The molecule has 0 unspecified atom stereocenters. The van der Waals surface area contributed by atoms with Gasteiger partial charge in [-0.3, -0.25) is 29.0 Å². The van der Waals surface area contributed by atoms with Gasteiger partial charge in [-0.2, -0.15) is 0 Å². The Hall–Kier alpha value is -2.74. The monoisotopic (exact) mass is 440 g/mol. The molecule has 3 heterocycles. The number of nitrogens with zero attached hydrogens (tertiary/aromatic N) is 4. The molecule has 4 amide bonds. The highest BCUT2D eigenvalue weighted by Crippen LogP contribution is 2.24. The summed E-state index contributed by atoms with van der Waals surface area (Å²) in [6.07, 6.45) is 4.15. The highest BCUT2D eigenvalue weighted by molar-refractivity contribution is 6.21. The number of fused-ring (bicyclic) bond motifs is 1. The average Bonchev–Trinajstić information content (AvgIpc) is 3.04. The SMILES string of the molecule is Cc1ccc2c(c1)C(=O)N(CCCC(=O)N1CCN(CC(=O)N3CCCCC3)CC1)C2=O.